The monoisotopic (exact) mass is 260 g/mol. The summed E-state index contributed by atoms with van der Waals surface area (Å²) in [5.74, 6) is 0.402. The number of ether oxygens (including phenoxy) is 2. The van der Waals surface area contributed by atoms with E-state index >= 15 is 0 Å². The van der Waals surface area contributed by atoms with Crippen LogP contribution in [0.4, 0.5) is 11.5 Å². The second kappa shape index (κ2) is 5.76. The Morgan fingerprint density at radius 3 is 2.68 bits per heavy atom. The Hall–Kier alpha value is -2.70. The van der Waals surface area contributed by atoms with E-state index < -0.39 is 5.97 Å². The average molecular weight is 260 g/mol. The number of rotatable bonds is 4. The van der Waals surface area contributed by atoms with Gasteiger partial charge in [-0.25, -0.2) is 14.8 Å². The summed E-state index contributed by atoms with van der Waals surface area (Å²) >= 11 is 0. The van der Waals surface area contributed by atoms with Crippen LogP contribution in [0.3, 0.4) is 0 Å². The minimum atomic E-state index is -0.538. The Labute approximate surface area is 109 Å². The zero-order valence-electron chi connectivity index (χ0n) is 10.5. The minimum absolute atomic E-state index is 0.133. The van der Waals surface area contributed by atoms with E-state index in [0.717, 1.165) is 0 Å². The number of nitrogens with zero attached hydrogens (tertiary/aromatic N) is 3. The van der Waals surface area contributed by atoms with Crippen molar-refractivity contribution < 1.29 is 14.3 Å². The molecule has 0 aromatic carbocycles. The highest BCUT2D eigenvalue weighted by atomic mass is 16.5. The highest BCUT2D eigenvalue weighted by Gasteiger charge is 2.08. The van der Waals surface area contributed by atoms with Crippen molar-refractivity contribution in [1.29, 1.82) is 0 Å². The van der Waals surface area contributed by atoms with Crippen LogP contribution < -0.4 is 10.1 Å². The molecule has 0 spiro atoms. The first kappa shape index (κ1) is 12.7. The zero-order valence-corrected chi connectivity index (χ0v) is 10.5. The molecule has 0 radical (unpaired) electrons. The van der Waals surface area contributed by atoms with Gasteiger partial charge in [0.25, 0.3) is 0 Å². The summed E-state index contributed by atoms with van der Waals surface area (Å²) in [7, 11) is 2.83. The van der Waals surface area contributed by atoms with Crippen molar-refractivity contribution in [3.63, 3.8) is 0 Å². The number of aromatic nitrogens is 3. The topological polar surface area (TPSA) is 86.2 Å². The number of hydrogen-bond donors (Lipinski definition) is 1. The molecular weight excluding hydrogens is 248 g/mol. The fraction of sp³-hybridized carbons (Fsp3) is 0.167. The molecule has 0 unspecified atom stereocenters. The summed E-state index contributed by atoms with van der Waals surface area (Å²) in [5.41, 5.74) is 0.839. The van der Waals surface area contributed by atoms with Gasteiger partial charge in [0.15, 0.2) is 5.69 Å². The normalized spacial score (nSPS) is 9.79. The number of carbonyl (C=O) groups excluding carboxylic acids is 1. The van der Waals surface area contributed by atoms with Gasteiger partial charge in [-0.2, -0.15) is 0 Å². The zero-order chi connectivity index (χ0) is 13.7. The minimum Gasteiger partial charge on any atom is -0.481 e. The van der Waals surface area contributed by atoms with E-state index in [1.165, 1.54) is 19.5 Å². The maximum atomic E-state index is 11.3. The molecule has 0 amide bonds. The second-order valence-corrected chi connectivity index (χ2v) is 3.50. The second-order valence-electron chi connectivity index (χ2n) is 3.50. The van der Waals surface area contributed by atoms with Gasteiger partial charge in [-0.15, -0.1) is 0 Å². The molecule has 19 heavy (non-hydrogen) atoms. The van der Waals surface area contributed by atoms with Crippen LogP contribution in [0.1, 0.15) is 10.5 Å². The Morgan fingerprint density at radius 1 is 1.21 bits per heavy atom. The van der Waals surface area contributed by atoms with E-state index in [-0.39, 0.29) is 5.69 Å². The van der Waals surface area contributed by atoms with E-state index in [2.05, 4.69) is 25.0 Å². The number of carbonyl (C=O) groups is 1. The summed E-state index contributed by atoms with van der Waals surface area (Å²) in [6.07, 6.45) is 4.42. The molecule has 0 aliphatic heterocycles. The van der Waals surface area contributed by atoms with Crippen molar-refractivity contribution in [2.75, 3.05) is 19.5 Å². The predicted octanol–water partition coefficient (Wildman–Crippen LogP) is 1.41. The van der Waals surface area contributed by atoms with Gasteiger partial charge in [-0.3, -0.25) is 4.98 Å². The maximum Gasteiger partial charge on any atom is 0.358 e. The third-order valence-electron chi connectivity index (χ3n) is 2.25. The smallest absolute Gasteiger partial charge is 0.358 e. The first-order chi connectivity index (χ1) is 9.22. The highest BCUT2D eigenvalue weighted by Crippen LogP contribution is 2.15. The summed E-state index contributed by atoms with van der Waals surface area (Å²) < 4.78 is 9.53. The van der Waals surface area contributed by atoms with Gasteiger partial charge in [0.1, 0.15) is 5.82 Å². The molecule has 2 aromatic heterocycles. The summed E-state index contributed by atoms with van der Waals surface area (Å²) in [6, 6.07) is 3.48. The molecule has 2 heterocycles. The summed E-state index contributed by atoms with van der Waals surface area (Å²) in [4.78, 5) is 23.3. The van der Waals surface area contributed by atoms with Crippen LogP contribution >= 0.6 is 0 Å². The fourth-order valence-electron chi connectivity index (χ4n) is 1.35. The molecule has 0 fully saturated rings. The first-order valence-corrected chi connectivity index (χ1v) is 5.40. The number of nitrogens with one attached hydrogen (secondary N) is 1. The van der Waals surface area contributed by atoms with Crippen molar-refractivity contribution >= 4 is 17.5 Å². The van der Waals surface area contributed by atoms with Crippen LogP contribution in [-0.2, 0) is 4.74 Å². The fourth-order valence-corrected chi connectivity index (χ4v) is 1.35. The summed E-state index contributed by atoms with van der Waals surface area (Å²) in [5, 5.41) is 2.98. The molecule has 0 aliphatic rings. The van der Waals surface area contributed by atoms with Gasteiger partial charge in [-0.1, -0.05) is 0 Å². The molecule has 7 nitrogen and oxygen atoms in total. The largest absolute Gasteiger partial charge is 0.481 e. The van der Waals surface area contributed by atoms with E-state index in [9.17, 15) is 4.79 Å². The maximum absolute atomic E-state index is 11.3. The molecule has 0 aliphatic carbocycles. The van der Waals surface area contributed by atoms with Gasteiger partial charge in [0, 0.05) is 6.07 Å². The van der Waals surface area contributed by atoms with E-state index in [1.807, 2.05) is 0 Å². The lowest BCUT2D eigenvalue weighted by molar-refractivity contribution is 0.0593. The SMILES string of the molecule is COC(=O)c1cncc(Nc2ccc(OC)nc2)n1. The summed E-state index contributed by atoms with van der Waals surface area (Å²) in [6.45, 7) is 0. The quantitative estimate of drug-likeness (QED) is 0.831. The first-order valence-electron chi connectivity index (χ1n) is 5.40. The van der Waals surface area contributed by atoms with Crippen LogP contribution in [0.5, 0.6) is 5.88 Å². The van der Waals surface area contributed by atoms with E-state index in [0.29, 0.717) is 17.4 Å². The lowest BCUT2D eigenvalue weighted by atomic mass is 10.4. The van der Waals surface area contributed by atoms with E-state index in [1.54, 1.807) is 25.4 Å². The lowest BCUT2D eigenvalue weighted by Gasteiger charge is -2.06. The van der Waals surface area contributed by atoms with Gasteiger partial charge < -0.3 is 14.8 Å². The Morgan fingerprint density at radius 2 is 2.05 bits per heavy atom. The molecule has 0 atom stereocenters. The molecule has 1 N–H and O–H groups in total. The molecule has 2 aromatic rings. The van der Waals surface area contributed by atoms with E-state index in [4.69, 9.17) is 4.74 Å². The van der Waals surface area contributed by atoms with Crippen molar-refractivity contribution in [2.45, 2.75) is 0 Å². The Bertz CT molecular complexity index is 571. The number of methoxy groups -OCH3 is 2. The Kier molecular flexibility index (Phi) is 3.87. The number of anilines is 2. The molecule has 0 bridgehead atoms. The third kappa shape index (κ3) is 3.15. The molecule has 2 rings (SSSR count). The van der Waals surface area contributed by atoms with Gasteiger partial charge >= 0.3 is 5.97 Å². The van der Waals surface area contributed by atoms with Crippen LogP contribution in [0.25, 0.3) is 0 Å². The molecule has 7 heteroatoms. The third-order valence-corrected chi connectivity index (χ3v) is 2.25. The van der Waals surface area contributed by atoms with Crippen molar-refractivity contribution in [1.82, 2.24) is 15.0 Å². The number of hydrogen-bond acceptors (Lipinski definition) is 7. The van der Waals surface area contributed by atoms with Gasteiger partial charge in [-0.05, 0) is 6.07 Å². The standard InChI is InChI=1S/C12H12N4O3/c1-18-11-4-3-8(5-14-11)15-10-7-13-6-9(16-10)12(17)19-2/h3-7H,1-2H3,(H,15,16). The van der Waals surface area contributed by atoms with Crippen molar-refractivity contribution in [2.24, 2.45) is 0 Å². The lowest BCUT2D eigenvalue weighted by Crippen LogP contribution is -2.06. The Balaban J connectivity index is 2.16. The van der Waals surface area contributed by atoms with Crippen molar-refractivity contribution in [3.05, 3.63) is 36.4 Å². The van der Waals surface area contributed by atoms with Gasteiger partial charge in [0.05, 0.1) is 38.5 Å². The predicted molar refractivity (Wildman–Crippen MR) is 67.4 cm³/mol. The number of pyridine rings is 1. The highest BCUT2D eigenvalue weighted by molar-refractivity contribution is 5.87. The molecular formula is C12H12N4O3. The average Bonchev–Trinajstić information content (AvgIpc) is 2.47. The van der Waals surface area contributed by atoms with Gasteiger partial charge in [0.2, 0.25) is 5.88 Å². The molecule has 98 valence electrons. The van der Waals surface area contributed by atoms with Crippen LogP contribution in [0.15, 0.2) is 30.7 Å². The number of esters is 1. The molecule has 0 saturated carbocycles. The van der Waals surface area contributed by atoms with Crippen molar-refractivity contribution in [3.8, 4) is 5.88 Å². The van der Waals surface area contributed by atoms with Crippen LogP contribution in [0.2, 0.25) is 0 Å². The van der Waals surface area contributed by atoms with Crippen LogP contribution in [0, 0.1) is 0 Å². The molecule has 0 saturated heterocycles. The van der Waals surface area contributed by atoms with Crippen LogP contribution in [-0.4, -0.2) is 35.1 Å².